The number of aliphatic hydroxyl groups is 1. The van der Waals surface area contributed by atoms with Gasteiger partial charge in [-0.05, 0) is 47.5 Å². The third-order valence-corrected chi connectivity index (χ3v) is 5.79. The minimum Gasteiger partial charge on any atom is -0.507 e. The smallest absolute Gasteiger partial charge is 0.376 e. The highest BCUT2D eigenvalue weighted by atomic mass is 16.4. The molecule has 4 rings (SSSR count). The summed E-state index contributed by atoms with van der Waals surface area (Å²) in [6, 6.07) is 24.5. The molecule has 34 heavy (non-hydrogen) atoms. The highest BCUT2D eigenvalue weighted by Gasteiger charge is 2.23. The van der Waals surface area contributed by atoms with Gasteiger partial charge in [-0.15, -0.1) is 0 Å². The number of carboxylic acid groups (broad SMARTS) is 1. The Balaban J connectivity index is 1.38. The van der Waals surface area contributed by atoms with Crippen LogP contribution in [-0.4, -0.2) is 59.0 Å². The fourth-order valence-corrected chi connectivity index (χ4v) is 3.92. The average Bonchev–Trinajstić information content (AvgIpc) is 2.89. The van der Waals surface area contributed by atoms with Gasteiger partial charge in [0.05, 0.1) is 0 Å². The first kappa shape index (κ1) is 22.8. The van der Waals surface area contributed by atoms with Crippen LogP contribution >= 0.6 is 0 Å². The summed E-state index contributed by atoms with van der Waals surface area (Å²) in [4.78, 5) is 38.9. The van der Waals surface area contributed by atoms with Gasteiger partial charge in [-0.2, -0.15) is 0 Å². The van der Waals surface area contributed by atoms with Crippen molar-refractivity contribution in [1.82, 2.24) is 4.90 Å². The van der Waals surface area contributed by atoms with Crippen molar-refractivity contribution < 1.29 is 24.6 Å². The fourth-order valence-electron chi connectivity index (χ4n) is 3.92. The van der Waals surface area contributed by atoms with E-state index in [1.165, 1.54) is 0 Å². The lowest BCUT2D eigenvalue weighted by Crippen LogP contribution is -2.48. The van der Waals surface area contributed by atoms with Crippen LogP contribution in [0.3, 0.4) is 0 Å². The first-order valence-electron chi connectivity index (χ1n) is 10.9. The molecule has 0 unspecified atom stereocenters. The summed E-state index contributed by atoms with van der Waals surface area (Å²) in [6.07, 6.45) is 0.689. The summed E-state index contributed by atoms with van der Waals surface area (Å²) in [6.45, 7) is 2.47. The second-order valence-corrected chi connectivity index (χ2v) is 7.97. The molecular weight excluding hydrogens is 432 g/mol. The van der Waals surface area contributed by atoms with Gasteiger partial charge in [0, 0.05) is 49.1 Å². The number of carbonyl (C=O) groups excluding carboxylic acids is 2. The molecule has 7 heteroatoms. The molecule has 0 aromatic heterocycles. The quantitative estimate of drug-likeness (QED) is 0.332. The molecule has 1 fully saturated rings. The van der Waals surface area contributed by atoms with Crippen LogP contribution in [0.5, 0.6) is 0 Å². The van der Waals surface area contributed by atoms with Gasteiger partial charge >= 0.3 is 5.97 Å². The molecule has 0 atom stereocenters. The third-order valence-electron chi connectivity index (χ3n) is 5.79. The van der Waals surface area contributed by atoms with Crippen LogP contribution < -0.4 is 4.90 Å². The second-order valence-electron chi connectivity index (χ2n) is 7.97. The predicted octanol–water partition coefficient (Wildman–Crippen LogP) is 3.87. The molecule has 1 amide bonds. The zero-order chi connectivity index (χ0) is 24.1. The Kier molecular flexibility index (Phi) is 6.73. The van der Waals surface area contributed by atoms with Crippen molar-refractivity contribution in [2.75, 3.05) is 31.1 Å². The SMILES string of the molecule is O=C(O)C(=O)/C=C(\O)c1ccc(N2CCN(C(=O)c3cccc(-c4ccccc4)c3)CC2)cc1. The van der Waals surface area contributed by atoms with E-state index in [1.54, 1.807) is 24.3 Å². The summed E-state index contributed by atoms with van der Waals surface area (Å²) in [5.41, 5.74) is 4.01. The third kappa shape index (κ3) is 5.15. The maximum absolute atomic E-state index is 13.1. The number of hydrogen-bond donors (Lipinski definition) is 2. The Morgan fingerprint density at radius 3 is 2.00 bits per heavy atom. The number of benzene rings is 3. The number of aliphatic hydroxyl groups excluding tert-OH is 1. The maximum Gasteiger partial charge on any atom is 0.376 e. The first-order chi connectivity index (χ1) is 16.4. The highest BCUT2D eigenvalue weighted by Crippen LogP contribution is 2.23. The van der Waals surface area contributed by atoms with Gasteiger partial charge in [-0.1, -0.05) is 42.5 Å². The van der Waals surface area contributed by atoms with Crippen LogP contribution in [0.2, 0.25) is 0 Å². The largest absolute Gasteiger partial charge is 0.507 e. The van der Waals surface area contributed by atoms with Crippen molar-refractivity contribution in [2.45, 2.75) is 0 Å². The van der Waals surface area contributed by atoms with Crippen molar-refractivity contribution in [3.8, 4) is 11.1 Å². The number of carbonyl (C=O) groups is 3. The van der Waals surface area contributed by atoms with Gasteiger partial charge < -0.3 is 20.0 Å². The van der Waals surface area contributed by atoms with E-state index in [0.29, 0.717) is 43.4 Å². The molecule has 3 aromatic carbocycles. The van der Waals surface area contributed by atoms with Crippen LogP contribution in [0.25, 0.3) is 16.9 Å². The van der Waals surface area contributed by atoms with E-state index in [0.717, 1.165) is 16.8 Å². The van der Waals surface area contributed by atoms with E-state index in [-0.39, 0.29) is 5.91 Å². The summed E-state index contributed by atoms with van der Waals surface area (Å²) < 4.78 is 0. The number of nitrogens with zero attached hydrogens (tertiary/aromatic N) is 2. The van der Waals surface area contributed by atoms with Gasteiger partial charge in [-0.3, -0.25) is 9.59 Å². The van der Waals surface area contributed by atoms with Crippen molar-refractivity contribution in [3.05, 3.63) is 96.1 Å². The highest BCUT2D eigenvalue weighted by molar-refractivity contribution is 6.38. The molecule has 1 aliphatic rings. The molecule has 1 heterocycles. The van der Waals surface area contributed by atoms with Crippen LogP contribution in [0.4, 0.5) is 5.69 Å². The number of aliphatic carboxylic acids is 1. The Labute approximate surface area is 197 Å². The summed E-state index contributed by atoms with van der Waals surface area (Å²) in [5, 5.41) is 18.6. The zero-order valence-corrected chi connectivity index (χ0v) is 18.4. The van der Waals surface area contributed by atoms with E-state index < -0.39 is 17.5 Å². The summed E-state index contributed by atoms with van der Waals surface area (Å²) >= 11 is 0. The molecule has 0 radical (unpaired) electrons. The molecule has 0 spiro atoms. The topological polar surface area (TPSA) is 98.1 Å². The molecule has 1 aliphatic heterocycles. The van der Waals surface area contributed by atoms with Crippen molar-refractivity contribution in [1.29, 1.82) is 0 Å². The van der Waals surface area contributed by atoms with E-state index >= 15 is 0 Å². The van der Waals surface area contributed by atoms with E-state index in [4.69, 9.17) is 5.11 Å². The molecule has 7 nitrogen and oxygen atoms in total. The van der Waals surface area contributed by atoms with Gasteiger partial charge in [0.2, 0.25) is 0 Å². The standard InChI is InChI=1S/C27H24N2O5/c30-24(18-25(31)27(33)34)20-9-11-23(12-10-20)28-13-15-29(16-14-28)26(32)22-8-4-7-21(17-22)19-5-2-1-3-6-19/h1-12,17-18,30H,13-16H2,(H,33,34)/b24-18-. The van der Waals surface area contributed by atoms with Crippen LogP contribution in [0.15, 0.2) is 84.9 Å². The van der Waals surface area contributed by atoms with Gasteiger partial charge in [0.15, 0.2) is 0 Å². The summed E-state index contributed by atoms with van der Waals surface area (Å²) in [7, 11) is 0. The number of ketones is 1. The Morgan fingerprint density at radius 1 is 0.706 bits per heavy atom. The fraction of sp³-hybridized carbons (Fsp3) is 0.148. The minimum absolute atomic E-state index is 0.00550. The molecule has 0 saturated carbocycles. The number of piperazine rings is 1. The van der Waals surface area contributed by atoms with E-state index in [9.17, 15) is 19.5 Å². The lowest BCUT2D eigenvalue weighted by molar-refractivity contribution is -0.146. The first-order valence-corrected chi connectivity index (χ1v) is 10.9. The van der Waals surface area contributed by atoms with Crippen molar-refractivity contribution >= 4 is 29.1 Å². The number of anilines is 1. The Hall–Kier alpha value is -4.39. The minimum atomic E-state index is -1.62. The van der Waals surface area contributed by atoms with Crippen LogP contribution in [-0.2, 0) is 9.59 Å². The van der Waals surface area contributed by atoms with E-state index in [2.05, 4.69) is 4.90 Å². The molecule has 0 bridgehead atoms. The maximum atomic E-state index is 13.1. The van der Waals surface area contributed by atoms with Crippen molar-refractivity contribution in [3.63, 3.8) is 0 Å². The number of hydrogen-bond acceptors (Lipinski definition) is 5. The predicted molar refractivity (Wildman–Crippen MR) is 130 cm³/mol. The monoisotopic (exact) mass is 456 g/mol. The number of rotatable bonds is 6. The molecule has 0 aliphatic carbocycles. The Morgan fingerprint density at radius 2 is 1.35 bits per heavy atom. The van der Waals surface area contributed by atoms with Crippen LogP contribution in [0, 0.1) is 0 Å². The van der Waals surface area contributed by atoms with Gasteiger partial charge in [-0.25, -0.2) is 4.79 Å². The lowest BCUT2D eigenvalue weighted by Gasteiger charge is -2.36. The zero-order valence-electron chi connectivity index (χ0n) is 18.4. The second kappa shape index (κ2) is 10.0. The molecule has 3 aromatic rings. The summed E-state index contributed by atoms with van der Waals surface area (Å²) in [5.74, 6) is -3.20. The van der Waals surface area contributed by atoms with Crippen molar-refractivity contribution in [2.24, 2.45) is 0 Å². The normalized spacial score (nSPS) is 14.1. The van der Waals surface area contributed by atoms with E-state index in [1.807, 2.05) is 59.5 Å². The van der Waals surface area contributed by atoms with Gasteiger partial charge in [0.1, 0.15) is 5.76 Å². The molecule has 1 saturated heterocycles. The van der Waals surface area contributed by atoms with Gasteiger partial charge in [0.25, 0.3) is 11.7 Å². The molecular formula is C27H24N2O5. The van der Waals surface area contributed by atoms with Crippen LogP contribution in [0.1, 0.15) is 15.9 Å². The molecule has 172 valence electrons. The molecule has 2 N–H and O–H groups in total. The number of carboxylic acids is 1. The average molecular weight is 456 g/mol. The Bertz CT molecular complexity index is 1230. The number of amides is 1. The lowest BCUT2D eigenvalue weighted by atomic mass is 10.0.